The summed E-state index contributed by atoms with van der Waals surface area (Å²) in [5.41, 5.74) is -0.0900. The summed E-state index contributed by atoms with van der Waals surface area (Å²) in [5, 5.41) is 21.1. The summed E-state index contributed by atoms with van der Waals surface area (Å²) in [6, 6.07) is 7.11. The van der Waals surface area contributed by atoms with Gasteiger partial charge in [-0.05, 0) is 31.2 Å². The molecule has 2 amide bonds. The van der Waals surface area contributed by atoms with Gasteiger partial charge in [-0.25, -0.2) is 4.79 Å². The Bertz CT molecular complexity index is 1030. The van der Waals surface area contributed by atoms with E-state index < -0.39 is 23.5 Å². The summed E-state index contributed by atoms with van der Waals surface area (Å²) in [6.45, 7) is 1.47. The first kappa shape index (κ1) is 19.6. The highest BCUT2D eigenvalue weighted by atomic mass is 32.2. The van der Waals surface area contributed by atoms with Crippen LogP contribution < -0.4 is 5.32 Å². The third-order valence-corrected chi connectivity index (χ3v) is 5.10. The number of thiocarbonyl (C=S) groups is 1. The second-order valence-corrected chi connectivity index (χ2v) is 7.48. The molecule has 0 aliphatic carbocycles. The molecule has 28 heavy (non-hydrogen) atoms. The van der Waals surface area contributed by atoms with Crippen molar-refractivity contribution in [2.75, 3.05) is 11.9 Å². The van der Waals surface area contributed by atoms with E-state index in [9.17, 15) is 19.5 Å². The molecule has 1 saturated heterocycles. The van der Waals surface area contributed by atoms with Crippen molar-refractivity contribution < 1.29 is 29.0 Å². The number of carboxylic acid groups (broad SMARTS) is 1. The molecule has 3 N–H and O–H groups in total. The van der Waals surface area contributed by atoms with Gasteiger partial charge in [-0.2, -0.15) is 0 Å². The molecule has 2 heterocycles. The number of furan rings is 1. The number of nitrogens with zero attached hydrogens (tertiary/aromatic N) is 1. The van der Waals surface area contributed by atoms with Crippen molar-refractivity contribution in [3.05, 3.63) is 52.3 Å². The van der Waals surface area contributed by atoms with E-state index in [1.807, 2.05) is 0 Å². The van der Waals surface area contributed by atoms with Crippen LogP contribution in [0.2, 0.25) is 0 Å². The SMILES string of the molecule is Cc1ccc(/C=C2\SC(=S)N(CC(=O)Nc3ccc(C(=O)O)c(O)c3)C2=O)o1. The molecule has 1 aromatic carbocycles. The average Bonchev–Trinajstić information content (AvgIpc) is 3.13. The smallest absolute Gasteiger partial charge is 0.339 e. The van der Waals surface area contributed by atoms with E-state index in [0.717, 1.165) is 22.7 Å². The molecule has 0 saturated carbocycles. The van der Waals surface area contributed by atoms with Crippen LogP contribution in [0.1, 0.15) is 21.9 Å². The lowest BCUT2D eigenvalue weighted by atomic mass is 10.2. The minimum absolute atomic E-state index is 0.194. The number of carbonyl (C=O) groups is 3. The number of aromatic hydroxyl groups is 1. The quantitative estimate of drug-likeness (QED) is 0.501. The molecule has 10 heteroatoms. The monoisotopic (exact) mass is 418 g/mol. The zero-order chi connectivity index (χ0) is 20.4. The maximum atomic E-state index is 12.5. The molecule has 0 radical (unpaired) electrons. The zero-order valence-electron chi connectivity index (χ0n) is 14.5. The van der Waals surface area contributed by atoms with Crippen LogP contribution >= 0.6 is 24.0 Å². The van der Waals surface area contributed by atoms with Crippen LogP contribution in [0.4, 0.5) is 5.69 Å². The van der Waals surface area contributed by atoms with Gasteiger partial charge in [0.2, 0.25) is 5.91 Å². The minimum Gasteiger partial charge on any atom is -0.507 e. The number of anilines is 1. The molecule has 1 aliphatic heterocycles. The van der Waals surface area contributed by atoms with Crippen molar-refractivity contribution in [3.8, 4) is 5.75 Å². The highest BCUT2D eigenvalue weighted by Gasteiger charge is 2.33. The third-order valence-electron chi connectivity index (χ3n) is 3.72. The topological polar surface area (TPSA) is 120 Å². The fraction of sp³-hybridized carbons (Fsp3) is 0.111. The van der Waals surface area contributed by atoms with E-state index in [4.69, 9.17) is 21.7 Å². The Morgan fingerprint density at radius 2 is 2.07 bits per heavy atom. The van der Waals surface area contributed by atoms with Gasteiger partial charge in [-0.15, -0.1) is 0 Å². The molecule has 144 valence electrons. The summed E-state index contributed by atoms with van der Waals surface area (Å²) in [6.07, 6.45) is 1.56. The van der Waals surface area contributed by atoms with Crippen LogP contribution in [0.3, 0.4) is 0 Å². The van der Waals surface area contributed by atoms with Gasteiger partial charge < -0.3 is 19.9 Å². The Morgan fingerprint density at radius 3 is 2.68 bits per heavy atom. The lowest BCUT2D eigenvalue weighted by Gasteiger charge is -2.14. The van der Waals surface area contributed by atoms with Crippen molar-refractivity contribution in [3.63, 3.8) is 0 Å². The van der Waals surface area contributed by atoms with E-state index in [2.05, 4.69) is 5.32 Å². The molecule has 2 aromatic rings. The molecule has 1 aromatic heterocycles. The van der Waals surface area contributed by atoms with Crippen molar-refractivity contribution in [1.29, 1.82) is 0 Å². The second-order valence-electron chi connectivity index (χ2n) is 5.80. The molecule has 0 unspecified atom stereocenters. The maximum absolute atomic E-state index is 12.5. The molecule has 8 nitrogen and oxygen atoms in total. The molecule has 1 aliphatic rings. The van der Waals surface area contributed by atoms with Gasteiger partial charge in [-0.3, -0.25) is 14.5 Å². The van der Waals surface area contributed by atoms with E-state index >= 15 is 0 Å². The van der Waals surface area contributed by atoms with E-state index in [-0.39, 0.29) is 22.1 Å². The van der Waals surface area contributed by atoms with Crippen LogP contribution in [0.15, 0.2) is 39.7 Å². The predicted molar refractivity (Wildman–Crippen MR) is 107 cm³/mol. The Kier molecular flexibility index (Phi) is 5.52. The number of hydrogen-bond donors (Lipinski definition) is 3. The first-order valence-corrected chi connectivity index (χ1v) is 9.15. The normalized spacial score (nSPS) is 15.3. The molecular formula is C18H14N2O6S2. The van der Waals surface area contributed by atoms with Gasteiger partial charge in [0, 0.05) is 17.8 Å². The van der Waals surface area contributed by atoms with Gasteiger partial charge in [-0.1, -0.05) is 24.0 Å². The number of phenols is 1. The predicted octanol–water partition coefficient (Wildman–Crippen LogP) is 2.83. The number of hydrogen-bond acceptors (Lipinski definition) is 7. The van der Waals surface area contributed by atoms with Crippen molar-refractivity contribution in [2.45, 2.75) is 6.92 Å². The highest BCUT2D eigenvalue weighted by molar-refractivity contribution is 8.26. The number of aryl methyl sites for hydroxylation is 1. The van der Waals surface area contributed by atoms with Crippen molar-refractivity contribution >= 4 is 57.8 Å². The van der Waals surface area contributed by atoms with Gasteiger partial charge in [0.1, 0.15) is 33.7 Å². The number of nitrogens with one attached hydrogen (secondary N) is 1. The Labute approximate surface area is 168 Å². The van der Waals surface area contributed by atoms with Gasteiger partial charge in [0.15, 0.2) is 0 Å². The van der Waals surface area contributed by atoms with Crippen LogP contribution in [0, 0.1) is 6.92 Å². The fourth-order valence-corrected chi connectivity index (χ4v) is 3.67. The summed E-state index contributed by atoms with van der Waals surface area (Å²) in [7, 11) is 0. The number of thioether (sulfide) groups is 1. The largest absolute Gasteiger partial charge is 0.507 e. The fourth-order valence-electron chi connectivity index (χ4n) is 2.43. The van der Waals surface area contributed by atoms with Gasteiger partial charge in [0.05, 0.1) is 4.91 Å². The number of carbonyl (C=O) groups excluding carboxylic acids is 2. The van der Waals surface area contributed by atoms with Crippen LogP contribution in [0.25, 0.3) is 6.08 Å². The van der Waals surface area contributed by atoms with Crippen molar-refractivity contribution in [2.24, 2.45) is 0 Å². The lowest BCUT2D eigenvalue weighted by molar-refractivity contribution is -0.126. The van der Waals surface area contributed by atoms with Crippen LogP contribution in [-0.2, 0) is 9.59 Å². The molecule has 0 bridgehead atoms. The minimum atomic E-state index is -1.29. The highest BCUT2D eigenvalue weighted by Crippen LogP contribution is 2.32. The summed E-state index contributed by atoms with van der Waals surface area (Å²) in [4.78, 5) is 37.2. The lowest BCUT2D eigenvalue weighted by Crippen LogP contribution is -2.36. The third kappa shape index (κ3) is 4.24. The molecule has 1 fully saturated rings. The number of aromatic carboxylic acids is 1. The number of benzene rings is 1. The van der Waals surface area contributed by atoms with E-state index in [1.54, 1.807) is 25.1 Å². The Balaban J connectivity index is 1.68. The summed E-state index contributed by atoms with van der Waals surface area (Å²) >= 11 is 6.24. The zero-order valence-corrected chi connectivity index (χ0v) is 16.1. The van der Waals surface area contributed by atoms with Crippen LogP contribution in [0.5, 0.6) is 5.75 Å². The summed E-state index contributed by atoms with van der Waals surface area (Å²) in [5.74, 6) is -1.51. The molecule has 3 rings (SSSR count). The van der Waals surface area contributed by atoms with Crippen molar-refractivity contribution in [1.82, 2.24) is 4.90 Å². The molecular weight excluding hydrogens is 404 g/mol. The molecule has 0 atom stereocenters. The van der Waals surface area contributed by atoms with Crippen LogP contribution in [-0.4, -0.2) is 43.8 Å². The van der Waals surface area contributed by atoms with Gasteiger partial charge >= 0.3 is 5.97 Å². The van der Waals surface area contributed by atoms with Gasteiger partial charge in [0.25, 0.3) is 5.91 Å². The Hall–Kier alpha value is -3.11. The standard InChI is InChI=1S/C18H14N2O6S2/c1-9-2-4-11(26-9)7-14-16(23)20(18(27)28-14)8-15(22)19-10-3-5-12(17(24)25)13(21)6-10/h2-7,21H,8H2,1H3,(H,19,22)(H,24,25)/b14-7-. The Morgan fingerprint density at radius 1 is 1.32 bits per heavy atom. The summed E-state index contributed by atoms with van der Waals surface area (Å²) < 4.78 is 5.65. The molecule has 0 spiro atoms. The number of rotatable bonds is 5. The first-order chi connectivity index (χ1) is 13.2. The first-order valence-electron chi connectivity index (χ1n) is 7.92. The number of amides is 2. The van der Waals surface area contributed by atoms with E-state index in [1.165, 1.54) is 12.1 Å². The average molecular weight is 418 g/mol. The number of carboxylic acids is 1. The second kappa shape index (κ2) is 7.87. The maximum Gasteiger partial charge on any atom is 0.339 e. The van der Waals surface area contributed by atoms with E-state index in [0.29, 0.717) is 16.4 Å².